The SMILES string of the molecule is O=C(CC1CSc2nc3c(c(=O)n21)CCC3)NCCn1nc2c(cc1=O)CCC2. The molecule has 0 saturated carbocycles. The predicted octanol–water partition coefficient (Wildman–Crippen LogP) is 0.631. The fourth-order valence-corrected chi connectivity index (χ4v) is 5.64. The maximum absolute atomic E-state index is 12.8. The Morgan fingerprint density at radius 3 is 2.90 bits per heavy atom. The molecular weight excluding hydrogens is 390 g/mol. The van der Waals surface area contributed by atoms with Gasteiger partial charge in [-0.3, -0.25) is 19.0 Å². The van der Waals surface area contributed by atoms with Gasteiger partial charge in [-0.15, -0.1) is 0 Å². The van der Waals surface area contributed by atoms with Crippen molar-refractivity contribution in [3.63, 3.8) is 0 Å². The summed E-state index contributed by atoms with van der Waals surface area (Å²) in [6.07, 6.45) is 5.76. The van der Waals surface area contributed by atoms with E-state index >= 15 is 0 Å². The maximum Gasteiger partial charge on any atom is 0.267 e. The van der Waals surface area contributed by atoms with Crippen LogP contribution in [-0.2, 0) is 37.0 Å². The highest BCUT2D eigenvalue weighted by Gasteiger charge is 2.31. The van der Waals surface area contributed by atoms with Crippen molar-refractivity contribution >= 4 is 17.7 Å². The number of hydrogen-bond donors (Lipinski definition) is 1. The first-order valence-corrected chi connectivity index (χ1v) is 11.2. The summed E-state index contributed by atoms with van der Waals surface area (Å²) in [7, 11) is 0. The average Bonchev–Trinajstić information content (AvgIpc) is 3.42. The van der Waals surface area contributed by atoms with E-state index < -0.39 is 0 Å². The van der Waals surface area contributed by atoms with Crippen LogP contribution in [0.1, 0.15) is 47.8 Å². The lowest BCUT2D eigenvalue weighted by atomic mass is 10.2. The second kappa shape index (κ2) is 7.44. The molecule has 29 heavy (non-hydrogen) atoms. The number of aryl methyl sites for hydroxylation is 3. The molecule has 2 aromatic rings. The highest BCUT2D eigenvalue weighted by atomic mass is 32.2. The van der Waals surface area contributed by atoms with Crippen LogP contribution in [0, 0.1) is 0 Å². The third-order valence-electron chi connectivity index (χ3n) is 5.96. The van der Waals surface area contributed by atoms with E-state index in [2.05, 4.69) is 15.4 Å². The Hall–Kier alpha value is -2.42. The number of amides is 1. The Labute approximate surface area is 171 Å². The molecule has 9 heteroatoms. The van der Waals surface area contributed by atoms with Gasteiger partial charge in [0.2, 0.25) is 5.91 Å². The van der Waals surface area contributed by atoms with Crippen molar-refractivity contribution in [1.29, 1.82) is 0 Å². The van der Waals surface area contributed by atoms with Gasteiger partial charge in [0.05, 0.1) is 24.0 Å². The first kappa shape index (κ1) is 18.6. The summed E-state index contributed by atoms with van der Waals surface area (Å²) in [6.45, 7) is 0.692. The number of nitrogens with zero attached hydrogens (tertiary/aromatic N) is 4. The van der Waals surface area contributed by atoms with Gasteiger partial charge in [-0.05, 0) is 44.1 Å². The van der Waals surface area contributed by atoms with Crippen LogP contribution >= 0.6 is 11.8 Å². The third-order valence-corrected chi connectivity index (χ3v) is 7.06. The number of aromatic nitrogens is 4. The molecule has 0 spiro atoms. The fraction of sp³-hybridized carbons (Fsp3) is 0.550. The minimum atomic E-state index is -0.165. The molecule has 152 valence electrons. The lowest BCUT2D eigenvalue weighted by Gasteiger charge is -2.14. The number of carbonyl (C=O) groups is 1. The Morgan fingerprint density at radius 2 is 2.00 bits per heavy atom. The van der Waals surface area contributed by atoms with E-state index in [4.69, 9.17) is 0 Å². The maximum atomic E-state index is 12.8. The number of hydrogen-bond acceptors (Lipinski definition) is 6. The van der Waals surface area contributed by atoms with Gasteiger partial charge in [-0.2, -0.15) is 5.10 Å². The quantitative estimate of drug-likeness (QED) is 0.722. The lowest BCUT2D eigenvalue weighted by molar-refractivity contribution is -0.121. The van der Waals surface area contributed by atoms with Gasteiger partial charge in [-0.25, -0.2) is 9.67 Å². The van der Waals surface area contributed by atoms with Crippen LogP contribution in [0.2, 0.25) is 0 Å². The zero-order chi connectivity index (χ0) is 20.0. The molecule has 1 unspecified atom stereocenters. The molecule has 1 aliphatic heterocycles. The van der Waals surface area contributed by atoms with E-state index in [1.165, 1.54) is 4.68 Å². The van der Waals surface area contributed by atoms with Crippen LogP contribution in [0.4, 0.5) is 0 Å². The first-order valence-electron chi connectivity index (χ1n) is 10.2. The smallest absolute Gasteiger partial charge is 0.267 e. The zero-order valence-electron chi connectivity index (χ0n) is 16.1. The second-order valence-electron chi connectivity index (χ2n) is 7.90. The molecule has 0 saturated heterocycles. The summed E-state index contributed by atoms with van der Waals surface area (Å²) >= 11 is 1.55. The van der Waals surface area contributed by atoms with Crippen LogP contribution in [0.15, 0.2) is 20.8 Å². The van der Waals surface area contributed by atoms with E-state index in [1.807, 2.05) is 0 Å². The second-order valence-corrected chi connectivity index (χ2v) is 8.89. The molecule has 0 fully saturated rings. The van der Waals surface area contributed by atoms with Crippen LogP contribution in [0.3, 0.4) is 0 Å². The summed E-state index contributed by atoms with van der Waals surface area (Å²) in [5.74, 6) is 0.565. The minimum absolute atomic E-state index is 0.0270. The third kappa shape index (κ3) is 3.41. The summed E-state index contributed by atoms with van der Waals surface area (Å²) < 4.78 is 3.14. The van der Waals surface area contributed by atoms with Crippen LogP contribution in [-0.4, -0.2) is 37.5 Å². The van der Waals surface area contributed by atoms with E-state index in [9.17, 15) is 14.4 Å². The fourth-order valence-electron chi connectivity index (χ4n) is 4.49. The Morgan fingerprint density at radius 1 is 1.17 bits per heavy atom. The monoisotopic (exact) mass is 413 g/mol. The molecule has 1 amide bonds. The summed E-state index contributed by atoms with van der Waals surface area (Å²) in [6, 6.07) is 1.50. The lowest BCUT2D eigenvalue weighted by Crippen LogP contribution is -2.35. The normalized spacial score (nSPS) is 19.1. The average molecular weight is 414 g/mol. The molecular formula is C20H23N5O3S. The number of carbonyl (C=O) groups excluding carboxylic acids is 1. The number of nitrogens with one attached hydrogen (secondary N) is 1. The highest BCUT2D eigenvalue weighted by molar-refractivity contribution is 7.99. The van der Waals surface area contributed by atoms with Crippen molar-refractivity contribution in [3.05, 3.63) is 49.3 Å². The molecule has 0 radical (unpaired) electrons. The topological polar surface area (TPSA) is 98.9 Å². The van der Waals surface area contributed by atoms with Gasteiger partial charge in [0.25, 0.3) is 11.1 Å². The molecule has 8 nitrogen and oxygen atoms in total. The first-order chi connectivity index (χ1) is 14.1. The van der Waals surface area contributed by atoms with Crippen LogP contribution in [0.5, 0.6) is 0 Å². The van der Waals surface area contributed by atoms with Gasteiger partial charge in [0.1, 0.15) is 0 Å². The van der Waals surface area contributed by atoms with Gasteiger partial charge in [-0.1, -0.05) is 11.8 Å². The van der Waals surface area contributed by atoms with Crippen molar-refractivity contribution in [1.82, 2.24) is 24.6 Å². The summed E-state index contributed by atoms with van der Waals surface area (Å²) in [4.78, 5) is 42.0. The van der Waals surface area contributed by atoms with Crippen LogP contribution in [0.25, 0.3) is 0 Å². The number of fused-ring (bicyclic) bond motifs is 3. The molecule has 2 aromatic heterocycles. The van der Waals surface area contributed by atoms with Crippen molar-refractivity contribution in [2.45, 2.75) is 62.7 Å². The number of thioether (sulfide) groups is 1. The van der Waals surface area contributed by atoms with Crippen molar-refractivity contribution in [2.75, 3.05) is 12.3 Å². The van der Waals surface area contributed by atoms with Gasteiger partial charge in [0.15, 0.2) is 5.16 Å². The molecule has 3 heterocycles. The van der Waals surface area contributed by atoms with E-state index in [-0.39, 0.29) is 29.5 Å². The van der Waals surface area contributed by atoms with Gasteiger partial charge >= 0.3 is 0 Å². The van der Waals surface area contributed by atoms with Crippen LogP contribution < -0.4 is 16.4 Å². The Balaban J connectivity index is 1.21. The van der Waals surface area contributed by atoms with Gasteiger partial charge < -0.3 is 5.32 Å². The molecule has 1 N–H and O–H groups in total. The molecule has 3 aliphatic rings. The predicted molar refractivity (Wildman–Crippen MR) is 108 cm³/mol. The molecule has 0 bridgehead atoms. The largest absolute Gasteiger partial charge is 0.354 e. The molecule has 5 rings (SSSR count). The van der Waals surface area contributed by atoms with Gasteiger partial charge in [0, 0.05) is 30.3 Å². The summed E-state index contributed by atoms with van der Waals surface area (Å²) in [5.41, 5.74) is 3.72. The van der Waals surface area contributed by atoms with Crippen molar-refractivity contribution < 1.29 is 4.79 Å². The zero-order valence-corrected chi connectivity index (χ0v) is 17.0. The summed E-state index contributed by atoms with van der Waals surface area (Å²) in [5, 5.41) is 8.03. The Bertz CT molecular complexity index is 1110. The number of rotatable bonds is 5. The van der Waals surface area contributed by atoms with E-state index in [0.717, 1.165) is 66.2 Å². The van der Waals surface area contributed by atoms with E-state index in [1.54, 1.807) is 22.4 Å². The molecule has 1 atom stereocenters. The molecule has 0 aromatic carbocycles. The van der Waals surface area contributed by atoms with Crippen molar-refractivity contribution in [2.24, 2.45) is 0 Å². The standard InChI is InChI=1S/C20H23N5O3S/c26-17(21-7-8-24-18(27)9-12-3-1-5-15(12)23-24)10-13-11-29-20-22-16-6-2-4-14(16)19(28)25(13)20/h9,13H,1-8,10-11H2,(H,21,26). The highest BCUT2D eigenvalue weighted by Crippen LogP contribution is 2.33. The molecule has 2 aliphatic carbocycles. The Kier molecular flexibility index (Phi) is 4.77. The van der Waals surface area contributed by atoms with E-state index in [0.29, 0.717) is 18.8 Å². The van der Waals surface area contributed by atoms with Crippen molar-refractivity contribution in [3.8, 4) is 0 Å². The minimum Gasteiger partial charge on any atom is -0.354 e.